The van der Waals surface area contributed by atoms with E-state index in [2.05, 4.69) is 4.98 Å². The largest absolute Gasteiger partial charge is 0.420 e. The van der Waals surface area contributed by atoms with Gasteiger partial charge in [0.05, 0.1) is 10.7 Å². The lowest BCUT2D eigenvalue weighted by atomic mass is 10.2. The van der Waals surface area contributed by atoms with Crippen molar-refractivity contribution >= 4 is 11.3 Å². The molecule has 0 spiro atoms. The van der Waals surface area contributed by atoms with Crippen LogP contribution >= 0.6 is 11.3 Å². The number of alkyl halides is 3. The summed E-state index contributed by atoms with van der Waals surface area (Å²) in [5.74, 6) is 0.0779. The quantitative estimate of drug-likeness (QED) is 0.839. The summed E-state index contributed by atoms with van der Waals surface area (Å²) < 4.78 is 36.2. The molecule has 14 heavy (non-hydrogen) atoms. The summed E-state index contributed by atoms with van der Waals surface area (Å²) in [7, 11) is 0. The fraction of sp³-hybridized carbons (Fsp3) is 0.625. The number of halogens is 3. The van der Waals surface area contributed by atoms with Gasteiger partial charge < -0.3 is 5.11 Å². The van der Waals surface area contributed by atoms with E-state index >= 15 is 0 Å². The van der Waals surface area contributed by atoms with Crippen molar-refractivity contribution in [1.82, 2.24) is 4.98 Å². The van der Waals surface area contributed by atoms with Crippen molar-refractivity contribution < 1.29 is 18.3 Å². The van der Waals surface area contributed by atoms with Crippen molar-refractivity contribution in [2.75, 3.05) is 0 Å². The molecule has 0 amide bonds. The monoisotopic (exact) mass is 225 g/mol. The minimum Gasteiger partial charge on any atom is -0.378 e. The number of aromatic nitrogens is 1. The lowest BCUT2D eigenvalue weighted by Gasteiger charge is -2.11. The molecule has 0 aliphatic carbocycles. The van der Waals surface area contributed by atoms with Gasteiger partial charge in [-0.2, -0.15) is 13.2 Å². The highest BCUT2D eigenvalue weighted by Gasteiger charge is 2.40. The fourth-order valence-electron chi connectivity index (χ4n) is 0.859. The summed E-state index contributed by atoms with van der Waals surface area (Å²) in [6, 6.07) is 0. The van der Waals surface area contributed by atoms with Crippen LogP contribution in [0, 0.1) is 0 Å². The van der Waals surface area contributed by atoms with E-state index in [1.54, 1.807) is 0 Å². The summed E-state index contributed by atoms with van der Waals surface area (Å²) >= 11 is 1.13. The van der Waals surface area contributed by atoms with E-state index in [1.807, 2.05) is 13.8 Å². The second kappa shape index (κ2) is 3.86. The van der Waals surface area contributed by atoms with Crippen LogP contribution in [-0.4, -0.2) is 16.3 Å². The predicted octanol–water partition coefficient (Wildman–Crippen LogP) is 2.86. The van der Waals surface area contributed by atoms with Gasteiger partial charge in [-0.05, 0) is 0 Å². The van der Waals surface area contributed by atoms with Crippen LogP contribution in [0.15, 0.2) is 5.38 Å². The molecule has 6 heteroatoms. The Morgan fingerprint density at radius 2 is 2.00 bits per heavy atom. The summed E-state index contributed by atoms with van der Waals surface area (Å²) in [5, 5.41) is 10.7. The molecule has 0 aliphatic heterocycles. The van der Waals surface area contributed by atoms with E-state index in [0.717, 1.165) is 11.3 Å². The van der Waals surface area contributed by atoms with E-state index < -0.39 is 12.3 Å². The van der Waals surface area contributed by atoms with Crippen LogP contribution in [0.5, 0.6) is 0 Å². The third-order valence-corrected chi connectivity index (χ3v) is 2.79. The SMILES string of the molecule is CC(C)c1nc([C@H](O)C(F)(F)F)cs1. The minimum atomic E-state index is -4.64. The van der Waals surface area contributed by atoms with E-state index in [-0.39, 0.29) is 11.6 Å². The zero-order valence-corrected chi connectivity index (χ0v) is 8.49. The van der Waals surface area contributed by atoms with E-state index in [9.17, 15) is 13.2 Å². The molecule has 1 heterocycles. The maximum absolute atomic E-state index is 12.1. The summed E-state index contributed by atoms with van der Waals surface area (Å²) in [6.07, 6.45) is -7.10. The molecule has 1 atom stereocenters. The number of aliphatic hydroxyl groups excluding tert-OH is 1. The Bertz CT molecular complexity index is 308. The van der Waals surface area contributed by atoms with Crippen molar-refractivity contribution in [1.29, 1.82) is 0 Å². The number of rotatable bonds is 2. The first-order valence-electron chi connectivity index (χ1n) is 4.02. The molecule has 0 aliphatic rings. The summed E-state index contributed by atoms with van der Waals surface area (Å²) in [6.45, 7) is 3.67. The Morgan fingerprint density at radius 3 is 2.36 bits per heavy atom. The van der Waals surface area contributed by atoms with Crippen LogP contribution in [0.4, 0.5) is 13.2 Å². The molecule has 1 rings (SSSR count). The van der Waals surface area contributed by atoms with Gasteiger partial charge in [-0.1, -0.05) is 13.8 Å². The highest BCUT2D eigenvalue weighted by Crippen LogP contribution is 2.33. The van der Waals surface area contributed by atoms with Gasteiger partial charge in [0, 0.05) is 11.3 Å². The molecule has 0 aromatic carbocycles. The number of thiazole rings is 1. The Balaban J connectivity index is 2.87. The average molecular weight is 225 g/mol. The van der Waals surface area contributed by atoms with Gasteiger partial charge in [-0.3, -0.25) is 0 Å². The third kappa shape index (κ3) is 2.45. The van der Waals surface area contributed by atoms with Crippen molar-refractivity contribution in [3.05, 3.63) is 16.1 Å². The second-order valence-electron chi connectivity index (χ2n) is 3.21. The van der Waals surface area contributed by atoms with Crippen LogP contribution < -0.4 is 0 Å². The van der Waals surface area contributed by atoms with Gasteiger partial charge in [0.25, 0.3) is 0 Å². The van der Waals surface area contributed by atoms with Crippen LogP contribution in [-0.2, 0) is 0 Å². The Hall–Kier alpha value is -0.620. The van der Waals surface area contributed by atoms with Gasteiger partial charge in [0.1, 0.15) is 0 Å². The maximum atomic E-state index is 12.1. The van der Waals surface area contributed by atoms with E-state index in [1.165, 1.54) is 5.38 Å². The van der Waals surface area contributed by atoms with Crippen LogP contribution in [0.1, 0.15) is 36.6 Å². The molecule has 1 aromatic rings. The van der Waals surface area contributed by atoms with Crippen LogP contribution in [0.25, 0.3) is 0 Å². The molecule has 1 aromatic heterocycles. The molecule has 0 saturated heterocycles. The molecule has 0 fully saturated rings. The van der Waals surface area contributed by atoms with Crippen LogP contribution in [0.3, 0.4) is 0 Å². The van der Waals surface area contributed by atoms with E-state index in [0.29, 0.717) is 5.01 Å². The first-order valence-corrected chi connectivity index (χ1v) is 4.90. The highest BCUT2D eigenvalue weighted by atomic mass is 32.1. The normalized spacial score (nSPS) is 14.8. The molecular formula is C8H10F3NOS. The van der Waals surface area contributed by atoms with Crippen molar-refractivity contribution in [3.63, 3.8) is 0 Å². The van der Waals surface area contributed by atoms with Gasteiger partial charge >= 0.3 is 6.18 Å². The lowest BCUT2D eigenvalue weighted by molar-refractivity contribution is -0.207. The van der Waals surface area contributed by atoms with Gasteiger partial charge in [-0.25, -0.2) is 4.98 Å². The molecule has 0 saturated carbocycles. The molecular weight excluding hydrogens is 215 g/mol. The Morgan fingerprint density at radius 1 is 1.43 bits per heavy atom. The zero-order valence-electron chi connectivity index (χ0n) is 7.67. The van der Waals surface area contributed by atoms with Gasteiger partial charge in [-0.15, -0.1) is 11.3 Å². The number of hydrogen-bond donors (Lipinski definition) is 1. The standard InChI is InChI=1S/C8H10F3NOS/c1-4(2)7-12-5(3-14-7)6(13)8(9,10)11/h3-4,6,13H,1-2H3/t6-/m0/s1. The predicted molar refractivity (Wildman–Crippen MR) is 47.2 cm³/mol. The fourth-order valence-corrected chi connectivity index (χ4v) is 1.71. The van der Waals surface area contributed by atoms with Crippen molar-refractivity contribution in [2.24, 2.45) is 0 Å². The van der Waals surface area contributed by atoms with Crippen molar-refractivity contribution in [2.45, 2.75) is 32.0 Å². The van der Waals surface area contributed by atoms with Gasteiger partial charge in [0.15, 0.2) is 6.10 Å². The summed E-state index contributed by atoms with van der Waals surface area (Å²) in [5.41, 5.74) is -0.314. The highest BCUT2D eigenvalue weighted by molar-refractivity contribution is 7.09. The molecule has 0 bridgehead atoms. The topological polar surface area (TPSA) is 33.1 Å². The lowest BCUT2D eigenvalue weighted by Crippen LogP contribution is -2.20. The van der Waals surface area contributed by atoms with Gasteiger partial charge in [0.2, 0.25) is 0 Å². The average Bonchev–Trinajstić information content (AvgIpc) is 2.48. The first-order chi connectivity index (χ1) is 6.32. The first kappa shape index (κ1) is 11.5. The molecule has 0 unspecified atom stereocenters. The van der Waals surface area contributed by atoms with E-state index in [4.69, 9.17) is 5.11 Å². The minimum absolute atomic E-state index is 0.0779. The van der Waals surface area contributed by atoms with Crippen molar-refractivity contribution in [3.8, 4) is 0 Å². The number of hydrogen-bond acceptors (Lipinski definition) is 3. The molecule has 0 radical (unpaired) electrons. The Labute approximate surface area is 83.4 Å². The zero-order chi connectivity index (χ0) is 10.9. The molecule has 2 nitrogen and oxygen atoms in total. The second-order valence-corrected chi connectivity index (χ2v) is 4.10. The number of nitrogens with zero attached hydrogens (tertiary/aromatic N) is 1. The molecule has 80 valence electrons. The summed E-state index contributed by atoms with van der Waals surface area (Å²) in [4.78, 5) is 3.72. The maximum Gasteiger partial charge on any atom is 0.420 e. The van der Waals surface area contributed by atoms with Crippen LogP contribution in [0.2, 0.25) is 0 Å². The Kier molecular flexibility index (Phi) is 3.16. The number of aliphatic hydroxyl groups is 1. The smallest absolute Gasteiger partial charge is 0.378 e. The molecule has 1 N–H and O–H groups in total. The third-order valence-electron chi connectivity index (χ3n) is 1.62.